The highest BCUT2D eigenvalue weighted by Gasteiger charge is 2.29. The molecule has 1 aromatic carbocycles. The Morgan fingerprint density at radius 3 is 2.09 bits per heavy atom. The largest absolute Gasteiger partial charge is 0.340 e. The van der Waals surface area contributed by atoms with Gasteiger partial charge in [-0.3, -0.25) is 9.59 Å². The highest BCUT2D eigenvalue weighted by Crippen LogP contribution is 2.20. The van der Waals surface area contributed by atoms with Crippen LogP contribution in [0.25, 0.3) is 0 Å². The molecule has 0 saturated carbocycles. The molecule has 1 saturated heterocycles. The van der Waals surface area contributed by atoms with E-state index in [1.807, 2.05) is 61.1 Å². The molecule has 0 aliphatic carbocycles. The van der Waals surface area contributed by atoms with Crippen LogP contribution < -0.4 is 0 Å². The first-order chi connectivity index (χ1) is 10.8. The lowest BCUT2D eigenvalue weighted by Crippen LogP contribution is -2.42. The molecule has 1 aliphatic rings. The fourth-order valence-corrected chi connectivity index (χ4v) is 3.12. The number of hydrogen-bond donors (Lipinski definition) is 0. The van der Waals surface area contributed by atoms with Crippen LogP contribution >= 0.6 is 11.8 Å². The van der Waals surface area contributed by atoms with Crippen molar-refractivity contribution < 1.29 is 9.59 Å². The lowest BCUT2D eigenvalue weighted by atomic mass is 9.94. The third-order valence-electron chi connectivity index (χ3n) is 4.05. The second-order valence-corrected chi connectivity index (χ2v) is 7.80. The summed E-state index contributed by atoms with van der Waals surface area (Å²) in [7, 11) is 0. The van der Waals surface area contributed by atoms with Gasteiger partial charge in [-0.2, -0.15) is 0 Å². The molecule has 4 nitrogen and oxygen atoms in total. The van der Waals surface area contributed by atoms with E-state index in [0.29, 0.717) is 19.6 Å². The number of nitrogens with zero attached hydrogens (tertiary/aromatic N) is 2. The third kappa shape index (κ3) is 4.50. The first-order valence-corrected chi connectivity index (χ1v) is 9.28. The van der Waals surface area contributed by atoms with E-state index >= 15 is 0 Å². The number of amides is 2. The van der Waals surface area contributed by atoms with Crippen molar-refractivity contribution in [2.24, 2.45) is 5.41 Å². The minimum atomic E-state index is -0.368. The fourth-order valence-electron chi connectivity index (χ4n) is 2.71. The van der Waals surface area contributed by atoms with Crippen LogP contribution in [0.4, 0.5) is 0 Å². The molecule has 0 spiro atoms. The van der Waals surface area contributed by atoms with Gasteiger partial charge in [-0.25, -0.2) is 0 Å². The van der Waals surface area contributed by atoms with E-state index in [1.54, 1.807) is 11.8 Å². The molecule has 5 heteroatoms. The van der Waals surface area contributed by atoms with Crippen LogP contribution in [0.5, 0.6) is 0 Å². The average molecular weight is 334 g/mol. The number of carbonyl (C=O) groups is 2. The normalized spacial score (nSPS) is 16.2. The van der Waals surface area contributed by atoms with Gasteiger partial charge in [0, 0.05) is 42.1 Å². The third-order valence-corrected chi connectivity index (χ3v) is 4.79. The molecule has 0 unspecified atom stereocenters. The van der Waals surface area contributed by atoms with Crippen molar-refractivity contribution >= 4 is 23.6 Å². The Morgan fingerprint density at radius 1 is 0.957 bits per heavy atom. The molecule has 2 amide bonds. The van der Waals surface area contributed by atoms with Crippen LogP contribution in [-0.4, -0.2) is 54.0 Å². The van der Waals surface area contributed by atoms with Crippen LogP contribution in [0.3, 0.4) is 0 Å². The molecule has 1 heterocycles. The number of hydrogen-bond acceptors (Lipinski definition) is 3. The van der Waals surface area contributed by atoms with Gasteiger partial charge in [0.15, 0.2) is 0 Å². The number of thioether (sulfide) groups is 1. The van der Waals surface area contributed by atoms with E-state index in [2.05, 4.69) is 0 Å². The van der Waals surface area contributed by atoms with Crippen molar-refractivity contribution in [2.75, 3.05) is 32.4 Å². The molecule has 0 atom stereocenters. The zero-order valence-corrected chi connectivity index (χ0v) is 15.3. The van der Waals surface area contributed by atoms with Crippen molar-refractivity contribution in [3.8, 4) is 0 Å². The van der Waals surface area contributed by atoms with E-state index in [4.69, 9.17) is 0 Å². The SMILES string of the molecule is CSc1ccc(C(=O)N2CCCN(C(=O)C(C)(C)C)CC2)cc1. The van der Waals surface area contributed by atoms with Gasteiger partial charge in [0.2, 0.25) is 5.91 Å². The van der Waals surface area contributed by atoms with Gasteiger partial charge in [0.1, 0.15) is 0 Å². The molecule has 2 rings (SSSR count). The smallest absolute Gasteiger partial charge is 0.253 e. The summed E-state index contributed by atoms with van der Waals surface area (Å²) in [6.07, 6.45) is 2.85. The molecule has 1 fully saturated rings. The van der Waals surface area contributed by atoms with Crippen molar-refractivity contribution in [3.63, 3.8) is 0 Å². The molecule has 0 N–H and O–H groups in total. The van der Waals surface area contributed by atoms with Gasteiger partial charge in [-0.1, -0.05) is 20.8 Å². The van der Waals surface area contributed by atoms with Gasteiger partial charge < -0.3 is 9.80 Å². The predicted octanol–water partition coefficient (Wildman–Crippen LogP) is 3.13. The molecule has 1 aromatic rings. The second-order valence-electron chi connectivity index (χ2n) is 6.92. The van der Waals surface area contributed by atoms with Crippen molar-refractivity contribution in [1.82, 2.24) is 9.80 Å². The maximum absolute atomic E-state index is 12.6. The van der Waals surface area contributed by atoms with Crippen molar-refractivity contribution in [3.05, 3.63) is 29.8 Å². The van der Waals surface area contributed by atoms with Gasteiger partial charge in [0.05, 0.1) is 0 Å². The number of carbonyl (C=O) groups excluding carboxylic acids is 2. The molecule has 23 heavy (non-hydrogen) atoms. The minimum absolute atomic E-state index is 0.0581. The summed E-state index contributed by atoms with van der Waals surface area (Å²) in [4.78, 5) is 30.0. The molecule has 0 radical (unpaired) electrons. The zero-order valence-electron chi connectivity index (χ0n) is 14.5. The summed E-state index contributed by atoms with van der Waals surface area (Å²) < 4.78 is 0. The Kier molecular flexibility index (Phi) is 5.74. The maximum Gasteiger partial charge on any atom is 0.253 e. The Balaban J connectivity index is 2.02. The predicted molar refractivity (Wildman–Crippen MR) is 94.8 cm³/mol. The summed E-state index contributed by atoms with van der Waals surface area (Å²) in [5.74, 6) is 0.221. The molecule has 0 bridgehead atoms. The first-order valence-electron chi connectivity index (χ1n) is 8.05. The summed E-state index contributed by atoms with van der Waals surface area (Å²) in [6, 6.07) is 7.73. The van der Waals surface area contributed by atoms with Crippen molar-refractivity contribution in [2.45, 2.75) is 32.1 Å². The molecule has 1 aliphatic heterocycles. The molecule has 0 aromatic heterocycles. The van der Waals surface area contributed by atoms with Crippen LogP contribution in [0.15, 0.2) is 29.2 Å². The Hall–Kier alpha value is -1.49. The average Bonchev–Trinajstić information content (AvgIpc) is 2.78. The summed E-state index contributed by atoms with van der Waals surface area (Å²) in [5, 5.41) is 0. The summed E-state index contributed by atoms with van der Waals surface area (Å²) >= 11 is 1.66. The number of rotatable bonds is 2. The highest BCUT2D eigenvalue weighted by atomic mass is 32.2. The lowest BCUT2D eigenvalue weighted by molar-refractivity contribution is -0.139. The first kappa shape index (κ1) is 17.9. The standard InChI is InChI=1S/C18H26N2O2S/c1-18(2,3)17(22)20-11-5-10-19(12-13-20)16(21)14-6-8-15(23-4)9-7-14/h6-9H,5,10-13H2,1-4H3. The molecular formula is C18H26N2O2S. The van der Waals surface area contributed by atoms with E-state index in [-0.39, 0.29) is 17.2 Å². The number of benzene rings is 1. The molecule has 126 valence electrons. The van der Waals surface area contributed by atoms with Gasteiger partial charge in [-0.05, 0) is 36.9 Å². The van der Waals surface area contributed by atoms with Crippen LogP contribution in [-0.2, 0) is 4.79 Å². The van der Waals surface area contributed by atoms with E-state index in [1.165, 1.54) is 0 Å². The summed E-state index contributed by atoms with van der Waals surface area (Å²) in [5.41, 5.74) is 0.353. The summed E-state index contributed by atoms with van der Waals surface area (Å²) in [6.45, 7) is 8.47. The Morgan fingerprint density at radius 2 is 1.52 bits per heavy atom. The van der Waals surface area contributed by atoms with E-state index in [0.717, 1.165) is 23.4 Å². The van der Waals surface area contributed by atoms with Crippen molar-refractivity contribution in [1.29, 1.82) is 0 Å². The Labute approximate surface area is 143 Å². The lowest BCUT2D eigenvalue weighted by Gasteiger charge is -2.28. The van der Waals surface area contributed by atoms with Crippen LogP contribution in [0, 0.1) is 5.41 Å². The Bertz CT molecular complexity index is 563. The van der Waals surface area contributed by atoms with Crippen LogP contribution in [0.1, 0.15) is 37.6 Å². The topological polar surface area (TPSA) is 40.6 Å². The zero-order chi connectivity index (χ0) is 17.0. The van der Waals surface area contributed by atoms with E-state index in [9.17, 15) is 9.59 Å². The monoisotopic (exact) mass is 334 g/mol. The highest BCUT2D eigenvalue weighted by molar-refractivity contribution is 7.98. The van der Waals surface area contributed by atoms with E-state index < -0.39 is 0 Å². The quantitative estimate of drug-likeness (QED) is 0.780. The maximum atomic E-state index is 12.6. The van der Waals surface area contributed by atoms with Gasteiger partial charge >= 0.3 is 0 Å². The fraction of sp³-hybridized carbons (Fsp3) is 0.556. The van der Waals surface area contributed by atoms with Gasteiger partial charge in [0.25, 0.3) is 5.91 Å². The second kappa shape index (κ2) is 7.39. The van der Waals surface area contributed by atoms with Gasteiger partial charge in [-0.15, -0.1) is 11.8 Å². The van der Waals surface area contributed by atoms with Crippen LogP contribution in [0.2, 0.25) is 0 Å². The minimum Gasteiger partial charge on any atom is -0.340 e. The molecular weight excluding hydrogens is 308 g/mol.